The van der Waals surface area contributed by atoms with E-state index < -0.39 is 12.0 Å². The van der Waals surface area contributed by atoms with Crippen LogP contribution in [-0.4, -0.2) is 39.0 Å². The zero-order chi connectivity index (χ0) is 15.0. The van der Waals surface area contributed by atoms with Crippen LogP contribution < -0.4 is 0 Å². The number of carbonyl (C=O) groups excluding carboxylic acids is 1. The summed E-state index contributed by atoms with van der Waals surface area (Å²) in [6.45, 7) is 1.55. The van der Waals surface area contributed by atoms with Gasteiger partial charge in [-0.15, -0.1) is 22.7 Å². The second-order valence-electron chi connectivity index (χ2n) is 4.97. The first kappa shape index (κ1) is 14.2. The number of carbonyl (C=O) groups is 2. The average molecular weight is 322 g/mol. The highest BCUT2D eigenvalue weighted by atomic mass is 32.1. The van der Waals surface area contributed by atoms with E-state index in [-0.39, 0.29) is 11.9 Å². The third-order valence-electron chi connectivity index (χ3n) is 3.40. The standard InChI is InChI=1S/C14H14N2O3S2/c1-8(14(18)19)16(9-4-5-9)13(17)10-7-21-12(15-10)11-3-2-6-20-11/h2-3,6-9H,4-5H2,1H3,(H,18,19). The molecule has 1 saturated carbocycles. The van der Waals surface area contributed by atoms with Gasteiger partial charge in [0.25, 0.3) is 5.91 Å². The van der Waals surface area contributed by atoms with Crippen LogP contribution in [0.2, 0.25) is 0 Å². The van der Waals surface area contributed by atoms with Crippen molar-refractivity contribution in [3.8, 4) is 9.88 Å². The number of thiophene rings is 1. The van der Waals surface area contributed by atoms with E-state index >= 15 is 0 Å². The van der Waals surface area contributed by atoms with Gasteiger partial charge in [-0.3, -0.25) is 4.79 Å². The maximum atomic E-state index is 12.6. The molecule has 0 bridgehead atoms. The predicted octanol–water partition coefficient (Wildman–Crippen LogP) is 2.95. The molecular formula is C14H14N2O3S2. The quantitative estimate of drug-likeness (QED) is 0.919. The monoisotopic (exact) mass is 322 g/mol. The van der Waals surface area contributed by atoms with Crippen LogP contribution in [0.4, 0.5) is 0 Å². The summed E-state index contributed by atoms with van der Waals surface area (Å²) < 4.78 is 0. The zero-order valence-electron chi connectivity index (χ0n) is 11.4. The Hall–Kier alpha value is -1.73. The Kier molecular flexibility index (Phi) is 3.77. The number of hydrogen-bond acceptors (Lipinski definition) is 5. The topological polar surface area (TPSA) is 70.5 Å². The van der Waals surface area contributed by atoms with Gasteiger partial charge in [-0.1, -0.05) is 6.07 Å². The minimum atomic E-state index is -0.982. The largest absolute Gasteiger partial charge is 0.480 e. The number of carboxylic acids is 1. The van der Waals surface area contributed by atoms with E-state index in [1.165, 1.54) is 16.2 Å². The lowest BCUT2D eigenvalue weighted by molar-refractivity contribution is -0.141. The molecule has 0 aromatic carbocycles. The highest BCUT2D eigenvalue weighted by Gasteiger charge is 2.39. The maximum absolute atomic E-state index is 12.6. The van der Waals surface area contributed by atoms with Gasteiger partial charge in [0.1, 0.15) is 16.7 Å². The van der Waals surface area contributed by atoms with E-state index in [0.717, 1.165) is 22.7 Å². The SMILES string of the molecule is CC(C(=O)O)N(C(=O)c1csc(-c2cccs2)n1)C1CC1. The highest BCUT2D eigenvalue weighted by molar-refractivity contribution is 7.20. The van der Waals surface area contributed by atoms with E-state index in [4.69, 9.17) is 0 Å². The van der Waals surface area contributed by atoms with Crippen LogP contribution in [0.15, 0.2) is 22.9 Å². The van der Waals surface area contributed by atoms with Crippen molar-refractivity contribution in [2.45, 2.75) is 31.8 Å². The van der Waals surface area contributed by atoms with Crippen molar-refractivity contribution in [2.24, 2.45) is 0 Å². The van der Waals surface area contributed by atoms with Crippen LogP contribution in [0.3, 0.4) is 0 Å². The second-order valence-corrected chi connectivity index (χ2v) is 6.78. The summed E-state index contributed by atoms with van der Waals surface area (Å²) in [6.07, 6.45) is 1.73. The van der Waals surface area contributed by atoms with E-state index in [0.29, 0.717) is 5.69 Å². The molecule has 0 saturated heterocycles. The van der Waals surface area contributed by atoms with Crippen molar-refractivity contribution in [1.29, 1.82) is 0 Å². The van der Waals surface area contributed by atoms with Gasteiger partial charge < -0.3 is 10.0 Å². The predicted molar refractivity (Wildman–Crippen MR) is 81.7 cm³/mol. The molecule has 1 aliphatic rings. The van der Waals surface area contributed by atoms with E-state index in [9.17, 15) is 14.7 Å². The van der Waals surface area contributed by atoms with Crippen LogP contribution >= 0.6 is 22.7 Å². The number of aliphatic carboxylic acids is 1. The van der Waals surface area contributed by atoms with Gasteiger partial charge in [0.2, 0.25) is 0 Å². The molecule has 2 aromatic rings. The Labute approximate surface area is 129 Å². The first-order valence-electron chi connectivity index (χ1n) is 6.63. The van der Waals surface area contributed by atoms with Gasteiger partial charge >= 0.3 is 5.97 Å². The molecule has 21 heavy (non-hydrogen) atoms. The number of rotatable bonds is 5. The summed E-state index contributed by atoms with van der Waals surface area (Å²) in [5.74, 6) is -1.27. The smallest absolute Gasteiger partial charge is 0.326 e. The number of carboxylic acid groups (broad SMARTS) is 1. The molecular weight excluding hydrogens is 308 g/mol. The molecule has 110 valence electrons. The Morgan fingerprint density at radius 1 is 1.43 bits per heavy atom. The van der Waals surface area contributed by atoms with Gasteiger partial charge in [0, 0.05) is 11.4 Å². The third-order valence-corrected chi connectivity index (χ3v) is 5.29. The number of amides is 1. The summed E-state index contributed by atoms with van der Waals surface area (Å²) in [5.41, 5.74) is 0.336. The molecule has 1 atom stereocenters. The van der Waals surface area contributed by atoms with Crippen LogP contribution in [0.25, 0.3) is 9.88 Å². The number of thiazole rings is 1. The summed E-state index contributed by atoms with van der Waals surface area (Å²) in [6, 6.07) is 3.11. The van der Waals surface area contributed by atoms with Gasteiger partial charge in [0.05, 0.1) is 4.88 Å². The lowest BCUT2D eigenvalue weighted by Crippen LogP contribution is -2.44. The Morgan fingerprint density at radius 3 is 2.76 bits per heavy atom. The normalized spacial score (nSPS) is 15.7. The fraction of sp³-hybridized carbons (Fsp3) is 0.357. The third kappa shape index (κ3) is 2.84. The van der Waals surface area contributed by atoms with Crippen molar-refractivity contribution in [3.05, 3.63) is 28.6 Å². The minimum absolute atomic E-state index is 0.0375. The van der Waals surface area contributed by atoms with Crippen molar-refractivity contribution >= 4 is 34.6 Å². The highest BCUT2D eigenvalue weighted by Crippen LogP contribution is 2.32. The summed E-state index contributed by atoms with van der Waals surface area (Å²) in [4.78, 5) is 30.6. The number of nitrogens with zero attached hydrogens (tertiary/aromatic N) is 2. The van der Waals surface area contributed by atoms with Gasteiger partial charge in [-0.25, -0.2) is 9.78 Å². The van der Waals surface area contributed by atoms with Crippen molar-refractivity contribution in [1.82, 2.24) is 9.88 Å². The van der Waals surface area contributed by atoms with Crippen LogP contribution in [0, 0.1) is 0 Å². The van der Waals surface area contributed by atoms with Crippen molar-refractivity contribution < 1.29 is 14.7 Å². The zero-order valence-corrected chi connectivity index (χ0v) is 13.0. The van der Waals surface area contributed by atoms with Crippen molar-refractivity contribution in [2.75, 3.05) is 0 Å². The average Bonchev–Trinajstić information content (AvgIpc) is 2.97. The fourth-order valence-corrected chi connectivity index (χ4v) is 3.76. The van der Waals surface area contributed by atoms with Gasteiger partial charge in [-0.2, -0.15) is 0 Å². The molecule has 1 N–H and O–H groups in total. The molecule has 0 spiro atoms. The molecule has 0 aliphatic heterocycles. The van der Waals surface area contributed by atoms with Crippen LogP contribution in [0.5, 0.6) is 0 Å². The van der Waals surface area contributed by atoms with Crippen LogP contribution in [0.1, 0.15) is 30.3 Å². The molecule has 5 nitrogen and oxygen atoms in total. The Bertz CT molecular complexity index is 662. The second kappa shape index (κ2) is 5.57. The molecule has 1 unspecified atom stereocenters. The summed E-state index contributed by atoms with van der Waals surface area (Å²) in [5, 5.41) is 13.6. The molecule has 1 aliphatic carbocycles. The Balaban J connectivity index is 1.85. The van der Waals surface area contributed by atoms with E-state index in [1.54, 1.807) is 23.6 Å². The molecule has 1 amide bonds. The molecule has 0 radical (unpaired) electrons. The lowest BCUT2D eigenvalue weighted by atomic mass is 10.2. The first-order chi connectivity index (χ1) is 10.1. The molecule has 2 aromatic heterocycles. The number of hydrogen-bond donors (Lipinski definition) is 1. The Morgan fingerprint density at radius 2 is 2.19 bits per heavy atom. The lowest BCUT2D eigenvalue weighted by Gasteiger charge is -2.25. The maximum Gasteiger partial charge on any atom is 0.326 e. The molecule has 1 fully saturated rings. The summed E-state index contributed by atoms with van der Waals surface area (Å²) in [7, 11) is 0. The van der Waals surface area contributed by atoms with Crippen LogP contribution in [-0.2, 0) is 4.79 Å². The minimum Gasteiger partial charge on any atom is -0.480 e. The van der Waals surface area contributed by atoms with Gasteiger partial charge in [0.15, 0.2) is 0 Å². The van der Waals surface area contributed by atoms with Crippen molar-refractivity contribution in [3.63, 3.8) is 0 Å². The number of aromatic nitrogens is 1. The van der Waals surface area contributed by atoms with Gasteiger partial charge in [-0.05, 0) is 31.2 Å². The van der Waals surface area contributed by atoms with E-state index in [1.807, 2.05) is 17.5 Å². The first-order valence-corrected chi connectivity index (χ1v) is 8.38. The van der Waals surface area contributed by atoms with E-state index in [2.05, 4.69) is 4.98 Å². The molecule has 7 heteroatoms. The summed E-state index contributed by atoms with van der Waals surface area (Å²) >= 11 is 2.98. The molecule has 2 heterocycles. The fourth-order valence-electron chi connectivity index (χ4n) is 2.15. The molecule has 3 rings (SSSR count).